The second-order valence-corrected chi connectivity index (χ2v) is 5.66. The van der Waals surface area contributed by atoms with E-state index in [0.29, 0.717) is 27.7 Å². The molecule has 2 amide bonds. The summed E-state index contributed by atoms with van der Waals surface area (Å²) < 4.78 is 6.00. The van der Waals surface area contributed by atoms with Gasteiger partial charge in [0.05, 0.1) is 17.3 Å². The highest BCUT2D eigenvalue weighted by atomic mass is 79.9. The quantitative estimate of drug-likeness (QED) is 0.867. The van der Waals surface area contributed by atoms with Gasteiger partial charge in [0.15, 0.2) is 4.67 Å². The average Bonchev–Trinajstić information content (AvgIpc) is 2.78. The van der Waals surface area contributed by atoms with Crippen LogP contribution in [0.5, 0.6) is 0 Å². The van der Waals surface area contributed by atoms with Crippen molar-refractivity contribution in [2.45, 2.75) is 13.5 Å². The average molecular weight is 358 g/mol. The molecule has 106 valence electrons. The summed E-state index contributed by atoms with van der Waals surface area (Å²) in [6.07, 6.45) is 0. The van der Waals surface area contributed by atoms with Crippen molar-refractivity contribution in [3.8, 4) is 0 Å². The van der Waals surface area contributed by atoms with Gasteiger partial charge in [-0.05, 0) is 52.7 Å². The highest BCUT2D eigenvalue weighted by Gasteiger charge is 2.13. The highest BCUT2D eigenvalue weighted by Crippen LogP contribution is 2.23. The molecule has 0 atom stereocenters. The van der Waals surface area contributed by atoms with E-state index in [2.05, 4.69) is 21.2 Å². The number of anilines is 1. The van der Waals surface area contributed by atoms with Crippen molar-refractivity contribution in [1.29, 1.82) is 0 Å². The number of urea groups is 1. The third kappa shape index (κ3) is 3.77. The lowest BCUT2D eigenvalue weighted by atomic mass is 10.2. The van der Waals surface area contributed by atoms with Gasteiger partial charge in [0.2, 0.25) is 0 Å². The normalized spacial score (nSPS) is 10.4. The number of furan rings is 1. The molecule has 0 unspecified atom stereocenters. The van der Waals surface area contributed by atoms with E-state index in [1.807, 2.05) is 19.1 Å². The summed E-state index contributed by atoms with van der Waals surface area (Å²) in [7, 11) is 1.69. The van der Waals surface area contributed by atoms with Gasteiger partial charge >= 0.3 is 6.03 Å². The topological polar surface area (TPSA) is 45.5 Å². The van der Waals surface area contributed by atoms with Crippen molar-refractivity contribution in [2.24, 2.45) is 0 Å². The zero-order chi connectivity index (χ0) is 14.7. The third-order valence-electron chi connectivity index (χ3n) is 2.73. The van der Waals surface area contributed by atoms with Gasteiger partial charge in [0.25, 0.3) is 0 Å². The number of carbonyl (C=O) groups is 1. The number of hydrogen-bond acceptors (Lipinski definition) is 2. The van der Waals surface area contributed by atoms with Crippen molar-refractivity contribution in [3.05, 3.63) is 51.3 Å². The van der Waals surface area contributed by atoms with Crippen LogP contribution in [0.3, 0.4) is 0 Å². The fraction of sp³-hybridized carbons (Fsp3) is 0.214. The maximum absolute atomic E-state index is 12.1. The smallest absolute Gasteiger partial charge is 0.322 e. The minimum atomic E-state index is -0.247. The van der Waals surface area contributed by atoms with E-state index in [9.17, 15) is 4.79 Å². The Morgan fingerprint density at radius 2 is 2.15 bits per heavy atom. The number of benzene rings is 1. The van der Waals surface area contributed by atoms with Crippen molar-refractivity contribution >= 4 is 39.2 Å². The van der Waals surface area contributed by atoms with Gasteiger partial charge in [0, 0.05) is 7.05 Å². The van der Waals surface area contributed by atoms with Crippen LogP contribution >= 0.6 is 27.5 Å². The van der Waals surface area contributed by atoms with Crippen LogP contribution in [0.25, 0.3) is 0 Å². The summed E-state index contributed by atoms with van der Waals surface area (Å²) in [5, 5.41) is 3.29. The number of aryl methyl sites for hydroxylation is 1. The van der Waals surface area contributed by atoms with Crippen molar-refractivity contribution in [3.63, 3.8) is 0 Å². The lowest BCUT2D eigenvalue weighted by molar-refractivity contribution is 0.216. The molecule has 1 heterocycles. The van der Waals surface area contributed by atoms with Crippen molar-refractivity contribution in [1.82, 2.24) is 4.90 Å². The van der Waals surface area contributed by atoms with Gasteiger partial charge in [-0.15, -0.1) is 0 Å². The summed E-state index contributed by atoms with van der Waals surface area (Å²) in [6.45, 7) is 2.32. The second kappa shape index (κ2) is 6.33. The molecule has 1 aromatic heterocycles. The minimum absolute atomic E-state index is 0.247. The lowest BCUT2D eigenvalue weighted by Gasteiger charge is -2.17. The molecule has 0 fully saturated rings. The van der Waals surface area contributed by atoms with Gasteiger partial charge < -0.3 is 14.6 Å². The Hall–Kier alpha value is -1.46. The first kappa shape index (κ1) is 14.9. The standard InChI is InChI=1S/C14H14BrClN2O2/c1-9-3-5-12(11(16)7-9)17-14(19)18(2)8-10-4-6-13(15)20-10/h3-7H,8H2,1-2H3,(H,17,19). The largest absolute Gasteiger partial charge is 0.452 e. The number of amides is 2. The summed E-state index contributed by atoms with van der Waals surface area (Å²) in [5.41, 5.74) is 1.64. The van der Waals surface area contributed by atoms with Crippen molar-refractivity contribution in [2.75, 3.05) is 12.4 Å². The Balaban J connectivity index is 2.00. The Morgan fingerprint density at radius 1 is 1.40 bits per heavy atom. The Morgan fingerprint density at radius 3 is 2.75 bits per heavy atom. The molecule has 2 rings (SSSR count). The molecule has 0 saturated heterocycles. The molecule has 0 radical (unpaired) electrons. The van der Waals surface area contributed by atoms with E-state index in [0.717, 1.165) is 5.56 Å². The summed E-state index contributed by atoms with van der Waals surface area (Å²) in [6, 6.07) is 8.84. The van der Waals surface area contributed by atoms with Gasteiger partial charge in [0.1, 0.15) is 5.76 Å². The van der Waals surface area contributed by atoms with Crippen LogP contribution in [0.2, 0.25) is 5.02 Å². The van der Waals surface area contributed by atoms with E-state index in [1.54, 1.807) is 25.2 Å². The SMILES string of the molecule is Cc1ccc(NC(=O)N(C)Cc2ccc(Br)o2)c(Cl)c1. The molecule has 4 nitrogen and oxygen atoms in total. The molecule has 2 aromatic rings. The highest BCUT2D eigenvalue weighted by molar-refractivity contribution is 9.10. The zero-order valence-corrected chi connectivity index (χ0v) is 13.5. The van der Waals surface area contributed by atoms with Gasteiger partial charge in [-0.25, -0.2) is 4.79 Å². The molecular formula is C14H14BrClN2O2. The zero-order valence-electron chi connectivity index (χ0n) is 11.1. The maximum Gasteiger partial charge on any atom is 0.322 e. The fourth-order valence-corrected chi connectivity index (χ4v) is 2.30. The Bertz CT molecular complexity index is 627. The lowest BCUT2D eigenvalue weighted by Crippen LogP contribution is -2.30. The maximum atomic E-state index is 12.1. The van der Waals surface area contributed by atoms with Crippen LogP contribution in [0.15, 0.2) is 39.4 Å². The molecule has 6 heteroatoms. The predicted octanol–water partition coefficient (Wildman–Crippen LogP) is 4.67. The molecule has 0 aliphatic rings. The van der Waals surface area contributed by atoms with Crippen LogP contribution in [0.1, 0.15) is 11.3 Å². The van der Waals surface area contributed by atoms with E-state index < -0.39 is 0 Å². The predicted molar refractivity (Wildman–Crippen MR) is 83.1 cm³/mol. The van der Waals surface area contributed by atoms with Gasteiger partial charge in [-0.2, -0.15) is 0 Å². The summed E-state index contributed by atoms with van der Waals surface area (Å²) in [4.78, 5) is 13.6. The number of halogens is 2. The van der Waals surface area contributed by atoms with Gasteiger partial charge in [-0.3, -0.25) is 0 Å². The number of rotatable bonds is 3. The molecule has 0 aliphatic heterocycles. The van der Waals surface area contributed by atoms with Crippen LogP contribution in [-0.4, -0.2) is 18.0 Å². The van der Waals surface area contributed by atoms with Gasteiger partial charge in [-0.1, -0.05) is 17.7 Å². The first-order chi connectivity index (χ1) is 9.45. The van der Waals surface area contributed by atoms with E-state index in [-0.39, 0.29) is 6.03 Å². The van der Waals surface area contributed by atoms with Crippen LogP contribution in [-0.2, 0) is 6.54 Å². The summed E-state index contributed by atoms with van der Waals surface area (Å²) in [5.74, 6) is 0.699. The molecule has 0 aliphatic carbocycles. The Labute approximate surface area is 130 Å². The summed E-state index contributed by atoms with van der Waals surface area (Å²) >= 11 is 9.31. The number of nitrogens with zero attached hydrogens (tertiary/aromatic N) is 1. The van der Waals surface area contributed by atoms with E-state index in [4.69, 9.17) is 16.0 Å². The molecule has 1 N–H and O–H groups in total. The third-order valence-corrected chi connectivity index (χ3v) is 3.47. The first-order valence-electron chi connectivity index (χ1n) is 5.98. The molecular weight excluding hydrogens is 344 g/mol. The molecule has 20 heavy (non-hydrogen) atoms. The minimum Gasteiger partial charge on any atom is -0.452 e. The van der Waals surface area contributed by atoms with Crippen LogP contribution in [0, 0.1) is 6.92 Å². The van der Waals surface area contributed by atoms with Crippen LogP contribution in [0.4, 0.5) is 10.5 Å². The van der Waals surface area contributed by atoms with Crippen LogP contribution < -0.4 is 5.32 Å². The monoisotopic (exact) mass is 356 g/mol. The van der Waals surface area contributed by atoms with E-state index >= 15 is 0 Å². The number of carbonyl (C=O) groups excluding carboxylic acids is 1. The second-order valence-electron chi connectivity index (χ2n) is 4.48. The molecule has 0 bridgehead atoms. The molecule has 0 saturated carbocycles. The number of nitrogens with one attached hydrogen (secondary N) is 1. The van der Waals surface area contributed by atoms with Crippen molar-refractivity contribution < 1.29 is 9.21 Å². The first-order valence-corrected chi connectivity index (χ1v) is 7.15. The van der Waals surface area contributed by atoms with E-state index in [1.165, 1.54) is 4.90 Å². The fourth-order valence-electron chi connectivity index (χ4n) is 1.67. The molecule has 1 aromatic carbocycles. The Kier molecular flexibility index (Phi) is 4.73. The number of hydrogen-bond donors (Lipinski definition) is 1. The molecule has 0 spiro atoms.